The number of fused-ring (bicyclic) bond motifs is 1. The largest absolute Gasteiger partial charge is 0.479 e. The van der Waals surface area contributed by atoms with Crippen molar-refractivity contribution in [2.45, 2.75) is 46.1 Å². The molecule has 2 heterocycles. The van der Waals surface area contributed by atoms with E-state index >= 15 is 0 Å². The van der Waals surface area contributed by atoms with Gasteiger partial charge in [0.2, 0.25) is 11.8 Å². The van der Waals surface area contributed by atoms with E-state index in [1.807, 2.05) is 34.7 Å². The summed E-state index contributed by atoms with van der Waals surface area (Å²) in [5.74, 6) is 0.554. The third-order valence-corrected chi connectivity index (χ3v) is 4.06. The van der Waals surface area contributed by atoms with Gasteiger partial charge in [0.25, 0.3) is 0 Å². The first-order chi connectivity index (χ1) is 11.1. The van der Waals surface area contributed by atoms with Crippen molar-refractivity contribution >= 4 is 41.8 Å². The molecule has 2 aromatic heterocycles. The van der Waals surface area contributed by atoms with Crippen LogP contribution in [0.3, 0.4) is 0 Å². The Morgan fingerprint density at radius 1 is 1.31 bits per heavy atom. The number of halogens is 2. The molecule has 148 valence electrons. The van der Waals surface area contributed by atoms with E-state index in [-0.39, 0.29) is 30.7 Å². The minimum absolute atomic E-state index is 0. The number of amides is 1. The molecule has 2 rings (SSSR count). The van der Waals surface area contributed by atoms with Crippen molar-refractivity contribution in [3.05, 3.63) is 16.8 Å². The number of hydrogen-bond acceptors (Lipinski definition) is 5. The summed E-state index contributed by atoms with van der Waals surface area (Å²) in [5.41, 5.74) is 9.31. The molecule has 0 aromatic carbocycles. The van der Waals surface area contributed by atoms with Crippen LogP contribution in [0.1, 0.15) is 37.1 Å². The second-order valence-electron chi connectivity index (χ2n) is 6.90. The van der Waals surface area contributed by atoms with E-state index in [1.54, 1.807) is 11.8 Å². The van der Waals surface area contributed by atoms with Gasteiger partial charge in [0.1, 0.15) is 0 Å². The van der Waals surface area contributed by atoms with Crippen LogP contribution in [0.5, 0.6) is 5.88 Å². The quantitative estimate of drug-likeness (QED) is 0.767. The van der Waals surface area contributed by atoms with Crippen molar-refractivity contribution in [1.82, 2.24) is 20.1 Å². The van der Waals surface area contributed by atoms with Gasteiger partial charge < -0.3 is 15.8 Å². The summed E-state index contributed by atoms with van der Waals surface area (Å²) in [4.78, 5) is 16.7. The first-order valence-electron chi connectivity index (χ1n) is 8.06. The number of carbonyl (C=O) groups is 1. The van der Waals surface area contributed by atoms with Crippen molar-refractivity contribution in [2.75, 3.05) is 13.7 Å². The highest BCUT2D eigenvalue weighted by Gasteiger charge is 2.19. The van der Waals surface area contributed by atoms with Gasteiger partial charge in [-0.15, -0.1) is 29.9 Å². The maximum absolute atomic E-state index is 12.0. The molecule has 2 aromatic rings. The molecule has 0 spiro atoms. The van der Waals surface area contributed by atoms with Gasteiger partial charge in [-0.25, -0.2) is 9.67 Å². The summed E-state index contributed by atoms with van der Waals surface area (Å²) in [6.45, 7) is 8.21. The second-order valence-corrected chi connectivity index (χ2v) is 6.90. The van der Waals surface area contributed by atoms with Gasteiger partial charge in [0.15, 0.2) is 5.65 Å². The fourth-order valence-electron chi connectivity index (χ4n) is 2.76. The normalized spacial score (nSPS) is 10.9. The van der Waals surface area contributed by atoms with Crippen molar-refractivity contribution in [2.24, 2.45) is 12.8 Å². The monoisotopic (exact) mass is 405 g/mol. The lowest BCUT2D eigenvalue weighted by Gasteiger charge is -2.19. The van der Waals surface area contributed by atoms with Gasteiger partial charge in [-0.2, -0.15) is 0 Å². The molecule has 7 nitrogen and oxygen atoms in total. The lowest BCUT2D eigenvalue weighted by atomic mass is 10.00. The van der Waals surface area contributed by atoms with E-state index in [1.165, 1.54) is 0 Å². The van der Waals surface area contributed by atoms with E-state index in [4.69, 9.17) is 10.5 Å². The molecule has 0 aliphatic carbocycles. The average molecular weight is 406 g/mol. The Morgan fingerprint density at radius 3 is 2.46 bits per heavy atom. The summed E-state index contributed by atoms with van der Waals surface area (Å²) in [5, 5.41) is 8.12. The third kappa shape index (κ3) is 5.46. The zero-order valence-electron chi connectivity index (χ0n) is 16.2. The zero-order chi connectivity index (χ0) is 18.1. The van der Waals surface area contributed by atoms with Gasteiger partial charge >= 0.3 is 0 Å². The lowest BCUT2D eigenvalue weighted by Crippen LogP contribution is -2.45. The molecule has 0 atom stereocenters. The van der Waals surface area contributed by atoms with E-state index in [0.29, 0.717) is 25.3 Å². The Labute approximate surface area is 166 Å². The van der Waals surface area contributed by atoms with Crippen LogP contribution in [0.4, 0.5) is 0 Å². The number of pyridine rings is 1. The van der Waals surface area contributed by atoms with Crippen LogP contribution in [0.15, 0.2) is 0 Å². The molecule has 0 saturated heterocycles. The number of carbonyl (C=O) groups excluding carboxylic acids is 1. The summed E-state index contributed by atoms with van der Waals surface area (Å²) in [6, 6.07) is 0. The molecular formula is C17H29Cl2N5O2. The fourth-order valence-corrected chi connectivity index (χ4v) is 2.76. The summed E-state index contributed by atoms with van der Waals surface area (Å²) in [7, 11) is 3.45. The minimum Gasteiger partial charge on any atom is -0.479 e. The molecule has 0 aliphatic heterocycles. The van der Waals surface area contributed by atoms with Crippen LogP contribution >= 0.6 is 24.8 Å². The minimum atomic E-state index is -0.412. The van der Waals surface area contributed by atoms with Gasteiger partial charge in [0.05, 0.1) is 12.5 Å². The van der Waals surface area contributed by atoms with Crippen molar-refractivity contribution in [3.8, 4) is 5.88 Å². The van der Waals surface area contributed by atoms with Gasteiger partial charge in [-0.05, 0) is 45.2 Å². The maximum atomic E-state index is 12.0. The Hall–Kier alpha value is -1.57. The van der Waals surface area contributed by atoms with Crippen LogP contribution in [-0.4, -0.2) is 39.9 Å². The lowest BCUT2D eigenvalue weighted by molar-refractivity contribution is -0.121. The maximum Gasteiger partial charge on any atom is 0.242 e. The number of aryl methyl sites for hydroxylation is 3. The third-order valence-electron chi connectivity index (χ3n) is 4.06. The van der Waals surface area contributed by atoms with E-state index in [2.05, 4.69) is 15.4 Å². The molecule has 0 fully saturated rings. The molecule has 3 N–H and O–H groups in total. The molecule has 26 heavy (non-hydrogen) atoms. The number of nitrogens with zero attached hydrogens (tertiary/aromatic N) is 3. The zero-order valence-corrected chi connectivity index (χ0v) is 17.8. The van der Waals surface area contributed by atoms with Crippen molar-refractivity contribution in [3.63, 3.8) is 0 Å². The number of aromatic nitrogens is 3. The Morgan fingerprint density at radius 2 is 1.92 bits per heavy atom. The number of nitrogens with one attached hydrogen (secondary N) is 1. The molecule has 1 amide bonds. The summed E-state index contributed by atoms with van der Waals surface area (Å²) >= 11 is 0. The molecule has 0 bridgehead atoms. The fraction of sp³-hybridized carbons (Fsp3) is 0.588. The van der Waals surface area contributed by atoms with Crippen LogP contribution in [0.25, 0.3) is 11.0 Å². The van der Waals surface area contributed by atoms with Crippen LogP contribution in [0, 0.1) is 13.8 Å². The highest BCUT2D eigenvalue weighted by molar-refractivity contribution is 5.86. The predicted molar refractivity (Wildman–Crippen MR) is 109 cm³/mol. The van der Waals surface area contributed by atoms with Gasteiger partial charge in [-0.3, -0.25) is 4.79 Å². The molecule has 0 unspecified atom stereocenters. The van der Waals surface area contributed by atoms with Crippen LogP contribution in [0.2, 0.25) is 0 Å². The number of methoxy groups -OCH3 is 1. The van der Waals surface area contributed by atoms with Crippen LogP contribution in [-0.2, 0) is 18.3 Å². The van der Waals surface area contributed by atoms with Crippen molar-refractivity contribution < 1.29 is 9.53 Å². The Bertz CT molecular complexity index is 769. The topological polar surface area (TPSA) is 95.1 Å². The smallest absolute Gasteiger partial charge is 0.242 e. The summed E-state index contributed by atoms with van der Waals surface area (Å²) in [6.07, 6.45) is 1.02. The first kappa shape index (κ1) is 24.4. The van der Waals surface area contributed by atoms with Gasteiger partial charge in [0, 0.05) is 31.2 Å². The predicted octanol–water partition coefficient (Wildman–Crippen LogP) is 2.22. The SMILES string of the molecule is COc1nn(C)c2nc(C)c(CCC(=O)NCC(C)(C)N)c(C)c12.Cl.Cl. The second kappa shape index (κ2) is 9.39. The Kier molecular flexibility index (Phi) is 8.82. The van der Waals surface area contributed by atoms with E-state index < -0.39 is 5.54 Å². The summed E-state index contributed by atoms with van der Waals surface area (Å²) < 4.78 is 7.08. The molecule has 0 radical (unpaired) electrons. The van der Waals surface area contributed by atoms with E-state index in [9.17, 15) is 4.79 Å². The number of rotatable bonds is 6. The number of ether oxygens (including phenoxy) is 1. The molecule has 0 saturated carbocycles. The highest BCUT2D eigenvalue weighted by atomic mass is 35.5. The standard InChI is InChI=1S/C17H27N5O2.2ClH/c1-10-12(7-8-13(23)19-9-17(3,4)18)11(2)20-15-14(10)16(24-6)21-22(15)5;;/h7-9,18H2,1-6H3,(H,19,23);2*1H. The van der Waals surface area contributed by atoms with E-state index in [0.717, 1.165) is 27.9 Å². The van der Waals surface area contributed by atoms with Crippen molar-refractivity contribution in [1.29, 1.82) is 0 Å². The van der Waals surface area contributed by atoms with Gasteiger partial charge in [-0.1, -0.05) is 0 Å². The molecule has 9 heteroatoms. The van der Waals surface area contributed by atoms with Crippen LogP contribution < -0.4 is 15.8 Å². The molecular weight excluding hydrogens is 377 g/mol. The number of nitrogens with two attached hydrogens (primary N) is 1. The number of hydrogen-bond donors (Lipinski definition) is 2. The Balaban J connectivity index is 0.00000312. The molecule has 0 aliphatic rings. The first-order valence-corrected chi connectivity index (χ1v) is 8.06. The highest BCUT2D eigenvalue weighted by Crippen LogP contribution is 2.30. The average Bonchev–Trinajstić information content (AvgIpc) is 2.80.